The lowest BCUT2D eigenvalue weighted by Gasteiger charge is -2.15. The van der Waals surface area contributed by atoms with Crippen molar-refractivity contribution >= 4 is 10.0 Å². The molecule has 0 aliphatic rings. The van der Waals surface area contributed by atoms with Crippen molar-refractivity contribution < 1.29 is 22.6 Å². The van der Waals surface area contributed by atoms with Crippen LogP contribution in [0.5, 0.6) is 17.2 Å². The van der Waals surface area contributed by atoms with E-state index in [2.05, 4.69) is 4.98 Å². The number of ether oxygens (including phenoxy) is 3. The first-order chi connectivity index (χ1) is 12.9. The van der Waals surface area contributed by atoms with Crippen LogP contribution >= 0.6 is 0 Å². The van der Waals surface area contributed by atoms with Crippen molar-refractivity contribution in [3.8, 4) is 28.6 Å². The van der Waals surface area contributed by atoms with Crippen LogP contribution in [0.4, 0.5) is 0 Å². The van der Waals surface area contributed by atoms with Gasteiger partial charge in [-0.25, -0.2) is 17.4 Å². The van der Waals surface area contributed by atoms with Gasteiger partial charge in [0.05, 0.1) is 26.2 Å². The molecule has 3 rings (SSSR count). The van der Waals surface area contributed by atoms with Crippen LogP contribution in [0.3, 0.4) is 0 Å². The summed E-state index contributed by atoms with van der Waals surface area (Å²) in [4.78, 5) is 4.41. The third kappa shape index (κ3) is 3.35. The summed E-state index contributed by atoms with van der Waals surface area (Å²) in [7, 11) is 0.691. The van der Waals surface area contributed by atoms with Gasteiger partial charge in [0.1, 0.15) is 0 Å². The Labute approximate surface area is 158 Å². The molecule has 0 unspecified atom stereocenters. The lowest BCUT2D eigenvalue weighted by molar-refractivity contribution is 0.324. The molecule has 27 heavy (non-hydrogen) atoms. The molecule has 0 spiro atoms. The van der Waals surface area contributed by atoms with E-state index >= 15 is 0 Å². The molecule has 0 aliphatic carbocycles. The van der Waals surface area contributed by atoms with Gasteiger partial charge in [-0.2, -0.15) is 0 Å². The molecule has 2 aromatic carbocycles. The third-order valence-corrected chi connectivity index (χ3v) is 5.79. The van der Waals surface area contributed by atoms with E-state index in [0.29, 0.717) is 22.8 Å². The van der Waals surface area contributed by atoms with Crippen molar-refractivity contribution in [2.45, 2.75) is 11.8 Å². The first kappa shape index (κ1) is 18.8. The zero-order chi connectivity index (χ0) is 19.6. The number of hydrogen-bond donors (Lipinski definition) is 0. The predicted molar refractivity (Wildman–Crippen MR) is 101 cm³/mol. The van der Waals surface area contributed by atoms with E-state index in [1.807, 2.05) is 6.92 Å². The number of hydrogen-bond acceptors (Lipinski definition) is 6. The van der Waals surface area contributed by atoms with Crippen LogP contribution in [-0.4, -0.2) is 38.7 Å². The minimum absolute atomic E-state index is 0.180. The molecule has 0 radical (unpaired) electrons. The molecule has 3 aromatic rings. The fourth-order valence-electron chi connectivity index (χ4n) is 2.72. The minimum Gasteiger partial charge on any atom is -0.493 e. The van der Waals surface area contributed by atoms with Gasteiger partial charge in [-0.1, -0.05) is 17.7 Å². The zero-order valence-corrected chi connectivity index (χ0v) is 16.3. The van der Waals surface area contributed by atoms with Crippen molar-refractivity contribution in [3.05, 3.63) is 54.4 Å². The van der Waals surface area contributed by atoms with Crippen molar-refractivity contribution in [1.29, 1.82) is 0 Å². The summed E-state index contributed by atoms with van der Waals surface area (Å²) >= 11 is 0. The summed E-state index contributed by atoms with van der Waals surface area (Å²) in [5.41, 5.74) is 1.50. The maximum atomic E-state index is 13.1. The SMILES string of the molecule is COc1cc(-c2nccn2S(=O)(=O)c2ccc(C)cc2)cc(OC)c1OC. The fourth-order valence-corrected chi connectivity index (χ4v) is 4.02. The van der Waals surface area contributed by atoms with Crippen LogP contribution in [0.1, 0.15) is 5.56 Å². The fraction of sp³-hybridized carbons (Fsp3) is 0.211. The lowest BCUT2D eigenvalue weighted by atomic mass is 10.1. The first-order valence-corrected chi connectivity index (χ1v) is 9.52. The van der Waals surface area contributed by atoms with Crippen LogP contribution in [0.25, 0.3) is 11.4 Å². The Balaban J connectivity index is 2.17. The minimum atomic E-state index is -3.80. The Morgan fingerprint density at radius 1 is 0.926 bits per heavy atom. The Bertz CT molecular complexity index is 1030. The molecule has 8 heteroatoms. The van der Waals surface area contributed by atoms with Gasteiger partial charge >= 0.3 is 0 Å². The predicted octanol–water partition coefficient (Wildman–Crippen LogP) is 3.12. The molecule has 7 nitrogen and oxygen atoms in total. The van der Waals surface area contributed by atoms with Crippen molar-refractivity contribution in [3.63, 3.8) is 0 Å². The summed E-state index contributed by atoms with van der Waals surface area (Å²) in [6.45, 7) is 1.90. The molecule has 142 valence electrons. The molecule has 0 aliphatic heterocycles. The molecule has 0 N–H and O–H groups in total. The first-order valence-electron chi connectivity index (χ1n) is 8.08. The highest BCUT2D eigenvalue weighted by atomic mass is 32.2. The van der Waals surface area contributed by atoms with Gasteiger partial charge in [0, 0.05) is 18.0 Å². The number of rotatable bonds is 6. The van der Waals surface area contributed by atoms with Crippen LogP contribution in [0.2, 0.25) is 0 Å². The second-order valence-corrected chi connectivity index (χ2v) is 7.59. The lowest BCUT2D eigenvalue weighted by Crippen LogP contribution is -2.13. The molecule has 0 fully saturated rings. The Kier molecular flexibility index (Phi) is 5.09. The Morgan fingerprint density at radius 3 is 2.04 bits per heavy atom. The highest BCUT2D eigenvalue weighted by molar-refractivity contribution is 7.90. The van der Waals surface area contributed by atoms with E-state index < -0.39 is 10.0 Å². The molecular formula is C19H20N2O5S. The Hall–Kier alpha value is -3.00. The highest BCUT2D eigenvalue weighted by Gasteiger charge is 2.23. The van der Waals surface area contributed by atoms with E-state index in [4.69, 9.17) is 14.2 Å². The van der Waals surface area contributed by atoms with Crippen LogP contribution < -0.4 is 14.2 Å². The van der Waals surface area contributed by atoms with Gasteiger partial charge < -0.3 is 14.2 Å². The molecule has 0 atom stereocenters. The summed E-state index contributed by atoms with van der Waals surface area (Å²) in [6.07, 6.45) is 2.85. The van der Waals surface area contributed by atoms with Gasteiger partial charge in [-0.15, -0.1) is 0 Å². The van der Waals surface area contributed by atoms with E-state index in [1.54, 1.807) is 36.4 Å². The summed E-state index contributed by atoms with van der Waals surface area (Å²) in [6, 6.07) is 9.97. The quantitative estimate of drug-likeness (QED) is 0.646. The second-order valence-electron chi connectivity index (χ2n) is 5.78. The van der Waals surface area contributed by atoms with Crippen LogP contribution in [0, 0.1) is 6.92 Å². The normalized spacial score (nSPS) is 11.3. The van der Waals surface area contributed by atoms with E-state index in [0.717, 1.165) is 9.54 Å². The van der Waals surface area contributed by atoms with Crippen molar-refractivity contribution in [1.82, 2.24) is 8.96 Å². The number of benzene rings is 2. The monoisotopic (exact) mass is 388 g/mol. The van der Waals surface area contributed by atoms with E-state index in [9.17, 15) is 8.42 Å². The highest BCUT2D eigenvalue weighted by Crippen LogP contribution is 2.41. The van der Waals surface area contributed by atoms with Gasteiger partial charge in [-0.05, 0) is 31.2 Å². The van der Waals surface area contributed by atoms with Crippen molar-refractivity contribution in [2.75, 3.05) is 21.3 Å². The summed E-state index contributed by atoms with van der Waals surface area (Å²) in [5.74, 6) is 1.49. The average Bonchev–Trinajstić information content (AvgIpc) is 3.17. The third-order valence-electron chi connectivity index (χ3n) is 4.11. The zero-order valence-electron chi connectivity index (χ0n) is 15.5. The topological polar surface area (TPSA) is 79.7 Å². The molecular weight excluding hydrogens is 368 g/mol. The van der Waals surface area contributed by atoms with Gasteiger partial charge in [-0.3, -0.25) is 0 Å². The Morgan fingerprint density at radius 2 is 1.52 bits per heavy atom. The van der Waals surface area contributed by atoms with Gasteiger partial charge in [0.15, 0.2) is 17.3 Å². The number of aryl methyl sites for hydroxylation is 1. The maximum Gasteiger partial charge on any atom is 0.269 e. The smallest absolute Gasteiger partial charge is 0.269 e. The van der Waals surface area contributed by atoms with Crippen LogP contribution in [0.15, 0.2) is 53.7 Å². The maximum absolute atomic E-state index is 13.1. The van der Waals surface area contributed by atoms with Crippen LogP contribution in [-0.2, 0) is 10.0 Å². The largest absolute Gasteiger partial charge is 0.493 e. The summed E-state index contributed by atoms with van der Waals surface area (Å²) in [5, 5.41) is 0. The standard InChI is InChI=1S/C19H20N2O5S/c1-13-5-7-15(8-6-13)27(22,23)21-10-9-20-19(21)14-11-16(24-2)18(26-4)17(12-14)25-3/h5-12H,1-4H3. The number of imidazole rings is 1. The van der Waals surface area contributed by atoms with E-state index in [1.165, 1.54) is 33.7 Å². The molecule has 0 saturated heterocycles. The number of nitrogens with zero attached hydrogens (tertiary/aromatic N) is 2. The summed E-state index contributed by atoms with van der Waals surface area (Å²) < 4.78 is 43.3. The van der Waals surface area contributed by atoms with Crippen molar-refractivity contribution in [2.24, 2.45) is 0 Å². The molecule has 0 saturated carbocycles. The second kappa shape index (κ2) is 7.32. The molecule has 1 heterocycles. The number of methoxy groups -OCH3 is 3. The van der Waals surface area contributed by atoms with Gasteiger partial charge in [0.2, 0.25) is 5.75 Å². The molecule has 0 bridgehead atoms. The van der Waals surface area contributed by atoms with E-state index in [-0.39, 0.29) is 10.7 Å². The average molecular weight is 388 g/mol. The molecule has 0 amide bonds. The molecule has 1 aromatic heterocycles. The van der Waals surface area contributed by atoms with Gasteiger partial charge in [0.25, 0.3) is 10.0 Å². The number of aromatic nitrogens is 2.